The molecule has 1 saturated heterocycles. The number of β-amino-alcohol motifs (C(OH)–C–C–N with tert-alkyl or cyclic N) is 1. The minimum Gasteiger partial charge on any atom is -0.496 e. The van der Waals surface area contributed by atoms with Crippen LogP contribution >= 0.6 is 23.2 Å². The molecule has 0 saturated carbocycles. The zero-order valence-corrected chi connectivity index (χ0v) is 29.5. The Morgan fingerprint density at radius 2 is 1.96 bits per heavy atom. The van der Waals surface area contributed by atoms with Gasteiger partial charge in [-0.1, -0.05) is 53.5 Å². The Morgan fingerprint density at radius 1 is 1.16 bits per heavy atom. The number of hydrogen-bond donors (Lipinski definition) is 4. The number of nitrogens with one attached hydrogen (secondary N) is 3. The van der Waals surface area contributed by atoms with E-state index in [9.17, 15) is 14.7 Å². The number of carbonyl (C=O) groups is 2. The number of rotatable bonds is 11. The molecular weight excluding hydrogens is 702 g/mol. The molecule has 3 heterocycles. The third kappa shape index (κ3) is 6.77. The first-order valence-corrected chi connectivity index (χ1v) is 17.4. The van der Waals surface area contributed by atoms with Gasteiger partial charge in [-0.2, -0.15) is 0 Å². The first-order valence-electron chi connectivity index (χ1n) is 16.6. The van der Waals surface area contributed by atoms with E-state index < -0.39 is 18.0 Å². The zero-order valence-electron chi connectivity index (χ0n) is 28.0. The van der Waals surface area contributed by atoms with Gasteiger partial charge in [0.1, 0.15) is 28.7 Å². The van der Waals surface area contributed by atoms with E-state index in [-0.39, 0.29) is 53.7 Å². The zero-order chi connectivity index (χ0) is 35.8. The molecule has 2 unspecified atom stereocenters. The summed E-state index contributed by atoms with van der Waals surface area (Å²) in [6.07, 6.45) is 1.59. The van der Waals surface area contributed by atoms with Crippen LogP contribution in [0.5, 0.6) is 11.5 Å². The SMILES string of the molecule is COc1cc(OC2CCc3c(-c4cccc(NC(=O)c5nc6c(n5C)CCN(CCO)C6)c4Cl)cccc32)c(Cl)c(F)c1CNC1CONC1=O. The van der Waals surface area contributed by atoms with Crippen molar-refractivity contribution in [2.24, 2.45) is 7.05 Å². The molecule has 12 nitrogen and oxygen atoms in total. The molecule has 268 valence electrons. The van der Waals surface area contributed by atoms with E-state index >= 15 is 4.39 Å². The lowest BCUT2D eigenvalue weighted by Gasteiger charge is -2.25. The summed E-state index contributed by atoms with van der Waals surface area (Å²) in [6, 6.07) is 12.3. The summed E-state index contributed by atoms with van der Waals surface area (Å²) in [6.45, 7) is 2.09. The Balaban J connectivity index is 1.10. The van der Waals surface area contributed by atoms with Gasteiger partial charge in [0.25, 0.3) is 11.8 Å². The number of imidazole rings is 1. The van der Waals surface area contributed by atoms with E-state index in [1.165, 1.54) is 7.11 Å². The standard InChI is InChI=1S/C36H37Cl2FN6O6/c1-44-27-11-12-45(13-14-46)17-25(27)41-34(44)36(48)42-24-8-4-7-22(31(24)37)19-5-3-6-21-20(19)9-10-28(21)51-30-15-29(49-2)23(33(39)32(30)38)16-40-26-18-50-43-35(26)47/h3-8,15,26,28,40,46H,9-14,16-18H2,1-2H3,(H,42,48)(H,43,47). The van der Waals surface area contributed by atoms with Crippen molar-refractivity contribution in [2.45, 2.75) is 44.5 Å². The molecule has 1 aromatic heterocycles. The molecule has 3 aromatic carbocycles. The molecule has 4 aromatic rings. The first-order chi connectivity index (χ1) is 24.7. The molecule has 1 fully saturated rings. The Hall–Kier alpha value is -4.24. The van der Waals surface area contributed by atoms with E-state index in [0.29, 0.717) is 42.5 Å². The number of halogens is 3. The van der Waals surface area contributed by atoms with Crippen molar-refractivity contribution in [2.75, 3.05) is 38.7 Å². The van der Waals surface area contributed by atoms with Crippen molar-refractivity contribution in [3.05, 3.63) is 92.2 Å². The highest BCUT2D eigenvalue weighted by atomic mass is 35.5. The van der Waals surface area contributed by atoms with Crippen molar-refractivity contribution in [3.63, 3.8) is 0 Å². The fourth-order valence-electron chi connectivity index (χ4n) is 7.05. The highest BCUT2D eigenvalue weighted by Gasteiger charge is 2.31. The van der Waals surface area contributed by atoms with Gasteiger partial charge in [-0.25, -0.2) is 14.9 Å². The average Bonchev–Trinajstić information content (AvgIpc) is 3.83. The van der Waals surface area contributed by atoms with Crippen molar-refractivity contribution in [1.29, 1.82) is 0 Å². The van der Waals surface area contributed by atoms with Gasteiger partial charge in [-0.3, -0.25) is 24.6 Å². The van der Waals surface area contributed by atoms with Gasteiger partial charge in [0.05, 0.1) is 36.7 Å². The number of fused-ring (bicyclic) bond motifs is 2. The lowest BCUT2D eigenvalue weighted by molar-refractivity contribution is -0.125. The molecule has 4 N–H and O–H groups in total. The summed E-state index contributed by atoms with van der Waals surface area (Å²) >= 11 is 13.5. The largest absolute Gasteiger partial charge is 0.496 e. The van der Waals surface area contributed by atoms with Crippen molar-refractivity contribution in [3.8, 4) is 22.6 Å². The second-order valence-corrected chi connectivity index (χ2v) is 13.4. The number of amides is 2. The van der Waals surface area contributed by atoms with Crippen LogP contribution in [0.25, 0.3) is 11.1 Å². The van der Waals surface area contributed by atoms with Crippen LogP contribution in [-0.4, -0.2) is 70.8 Å². The normalized spacial score (nSPS) is 18.4. The van der Waals surface area contributed by atoms with E-state index in [4.69, 9.17) is 37.5 Å². The number of benzene rings is 3. The molecular formula is C36H37Cl2FN6O6. The summed E-state index contributed by atoms with van der Waals surface area (Å²) in [5.41, 5.74) is 8.30. The molecule has 7 rings (SSSR count). The quantitative estimate of drug-likeness (QED) is 0.172. The molecule has 2 aliphatic heterocycles. The van der Waals surface area contributed by atoms with Crippen LogP contribution in [0.3, 0.4) is 0 Å². The molecule has 0 spiro atoms. The highest BCUT2D eigenvalue weighted by Crippen LogP contribution is 2.45. The Morgan fingerprint density at radius 3 is 2.73 bits per heavy atom. The molecule has 15 heteroatoms. The topological polar surface area (TPSA) is 139 Å². The third-order valence-electron chi connectivity index (χ3n) is 9.69. The van der Waals surface area contributed by atoms with Crippen LogP contribution < -0.4 is 25.6 Å². The number of hydroxylamine groups is 1. The number of hydrogen-bond acceptors (Lipinski definition) is 9. The summed E-state index contributed by atoms with van der Waals surface area (Å²) in [5, 5.41) is 15.5. The Kier molecular flexibility index (Phi) is 10.2. The Labute approximate surface area is 303 Å². The smallest absolute Gasteiger partial charge is 0.291 e. The highest BCUT2D eigenvalue weighted by molar-refractivity contribution is 6.36. The summed E-state index contributed by atoms with van der Waals surface area (Å²) in [7, 11) is 3.26. The van der Waals surface area contributed by atoms with Gasteiger partial charge in [-0.05, 0) is 35.6 Å². The lowest BCUT2D eigenvalue weighted by atomic mass is 9.96. The molecule has 51 heavy (non-hydrogen) atoms. The number of anilines is 1. The number of nitrogens with zero attached hydrogens (tertiary/aromatic N) is 3. The fourth-order valence-corrected chi connectivity index (χ4v) is 7.54. The van der Waals surface area contributed by atoms with Gasteiger partial charge in [0, 0.05) is 62.5 Å². The first kappa shape index (κ1) is 35.2. The van der Waals surface area contributed by atoms with Gasteiger partial charge in [-0.15, -0.1) is 0 Å². The summed E-state index contributed by atoms with van der Waals surface area (Å²) in [4.78, 5) is 37.0. The van der Waals surface area contributed by atoms with Gasteiger partial charge < -0.3 is 24.5 Å². The monoisotopic (exact) mass is 738 g/mol. The van der Waals surface area contributed by atoms with Crippen LogP contribution in [-0.2, 0) is 42.6 Å². The van der Waals surface area contributed by atoms with E-state index in [1.54, 1.807) is 12.1 Å². The van der Waals surface area contributed by atoms with Crippen LogP contribution in [0, 0.1) is 5.82 Å². The number of aliphatic hydroxyl groups is 1. The van der Waals surface area contributed by atoms with E-state index in [2.05, 4.69) is 26.0 Å². The van der Waals surface area contributed by atoms with Crippen LogP contribution in [0.2, 0.25) is 10.0 Å². The number of aliphatic hydroxyl groups excluding tert-OH is 1. The average molecular weight is 740 g/mol. The molecule has 3 aliphatic rings. The lowest BCUT2D eigenvalue weighted by Crippen LogP contribution is -2.37. The molecule has 1 aliphatic carbocycles. The number of methoxy groups -OCH3 is 1. The fraction of sp³-hybridized carbons (Fsp3) is 0.361. The van der Waals surface area contributed by atoms with Gasteiger partial charge >= 0.3 is 0 Å². The molecule has 2 amide bonds. The number of aromatic nitrogens is 2. The summed E-state index contributed by atoms with van der Waals surface area (Å²) < 4.78 is 29.3. The minimum absolute atomic E-state index is 0.0136. The van der Waals surface area contributed by atoms with Crippen molar-refractivity contribution in [1.82, 2.24) is 25.2 Å². The predicted octanol–water partition coefficient (Wildman–Crippen LogP) is 4.73. The van der Waals surface area contributed by atoms with E-state index in [0.717, 1.165) is 46.6 Å². The molecule has 0 radical (unpaired) electrons. The maximum absolute atomic E-state index is 15.6. The molecule has 0 bridgehead atoms. The Bertz CT molecular complexity index is 2010. The minimum atomic E-state index is -0.704. The number of carbonyl (C=O) groups excluding carboxylic acids is 2. The number of ether oxygens (including phenoxy) is 2. The van der Waals surface area contributed by atoms with Crippen LogP contribution in [0.15, 0.2) is 42.5 Å². The van der Waals surface area contributed by atoms with Gasteiger partial charge in [0.2, 0.25) is 0 Å². The summed E-state index contributed by atoms with van der Waals surface area (Å²) in [5.74, 6) is -0.756. The van der Waals surface area contributed by atoms with Gasteiger partial charge in [0.15, 0.2) is 11.6 Å². The second-order valence-electron chi connectivity index (χ2n) is 12.7. The predicted molar refractivity (Wildman–Crippen MR) is 188 cm³/mol. The van der Waals surface area contributed by atoms with Crippen LogP contribution in [0.1, 0.15) is 51.2 Å². The maximum Gasteiger partial charge on any atom is 0.291 e. The molecule has 2 atom stereocenters. The van der Waals surface area contributed by atoms with Crippen molar-refractivity contribution < 1.29 is 33.4 Å². The maximum atomic E-state index is 15.6. The third-order valence-corrected chi connectivity index (χ3v) is 10.5. The van der Waals surface area contributed by atoms with E-state index in [1.807, 2.05) is 41.9 Å². The van der Waals surface area contributed by atoms with Crippen molar-refractivity contribution >= 4 is 40.7 Å². The van der Waals surface area contributed by atoms with Crippen LogP contribution in [0.4, 0.5) is 10.1 Å². The second kappa shape index (κ2) is 14.8.